The summed E-state index contributed by atoms with van der Waals surface area (Å²) in [5, 5.41) is 6.20. The molecule has 1 aliphatic heterocycles. The number of hydrogen-bond donors (Lipinski definition) is 2. The normalized spacial score (nSPS) is 21.6. The summed E-state index contributed by atoms with van der Waals surface area (Å²) in [4.78, 5) is 13.8. The molecule has 94 valence electrons. The molecule has 0 bridgehead atoms. The Kier molecular flexibility index (Phi) is 5.77. The summed E-state index contributed by atoms with van der Waals surface area (Å²) in [6, 6.07) is 1.09. The molecule has 0 aliphatic carbocycles. The topological polar surface area (TPSA) is 44.4 Å². The number of nitrogens with zero attached hydrogens (tertiary/aromatic N) is 1. The second kappa shape index (κ2) is 6.86. The van der Waals surface area contributed by atoms with E-state index < -0.39 is 0 Å². The smallest absolute Gasteiger partial charge is 0.233 e. The Bertz CT molecular complexity index is 218. The molecule has 0 aromatic heterocycles. The molecule has 1 amide bonds. The van der Waals surface area contributed by atoms with Crippen molar-refractivity contribution in [2.24, 2.45) is 0 Å². The van der Waals surface area contributed by atoms with Crippen LogP contribution >= 0.6 is 0 Å². The molecule has 16 heavy (non-hydrogen) atoms. The van der Waals surface area contributed by atoms with Crippen LogP contribution in [0.1, 0.15) is 33.6 Å². The quantitative estimate of drug-likeness (QED) is 0.698. The van der Waals surface area contributed by atoms with E-state index >= 15 is 0 Å². The molecule has 0 saturated carbocycles. The predicted molar refractivity (Wildman–Crippen MR) is 66.4 cm³/mol. The molecule has 0 radical (unpaired) electrons. The van der Waals surface area contributed by atoms with Gasteiger partial charge in [0.25, 0.3) is 0 Å². The number of nitrogens with one attached hydrogen (secondary N) is 2. The summed E-state index contributed by atoms with van der Waals surface area (Å²) in [5.41, 5.74) is 0. The van der Waals surface area contributed by atoms with Crippen molar-refractivity contribution in [1.82, 2.24) is 15.5 Å². The monoisotopic (exact) mass is 227 g/mol. The van der Waals surface area contributed by atoms with Gasteiger partial charge in [0.2, 0.25) is 5.91 Å². The number of amides is 1. The van der Waals surface area contributed by atoms with Crippen LogP contribution in [0, 0.1) is 0 Å². The van der Waals surface area contributed by atoms with E-state index in [4.69, 9.17) is 0 Å². The fourth-order valence-corrected chi connectivity index (χ4v) is 1.99. The van der Waals surface area contributed by atoms with Gasteiger partial charge in [-0.15, -0.1) is 0 Å². The van der Waals surface area contributed by atoms with Gasteiger partial charge < -0.3 is 10.6 Å². The van der Waals surface area contributed by atoms with Crippen LogP contribution in [0.2, 0.25) is 0 Å². The highest BCUT2D eigenvalue weighted by Crippen LogP contribution is 2.11. The van der Waals surface area contributed by atoms with E-state index in [2.05, 4.69) is 36.3 Å². The maximum absolute atomic E-state index is 11.4. The van der Waals surface area contributed by atoms with Gasteiger partial charge in [-0.3, -0.25) is 9.69 Å². The fraction of sp³-hybridized carbons (Fsp3) is 0.917. The van der Waals surface area contributed by atoms with Crippen molar-refractivity contribution in [2.45, 2.75) is 45.7 Å². The minimum Gasteiger partial charge on any atom is -0.355 e. The third-order valence-corrected chi connectivity index (χ3v) is 3.07. The zero-order valence-corrected chi connectivity index (χ0v) is 10.8. The summed E-state index contributed by atoms with van der Waals surface area (Å²) in [6.45, 7) is 9.95. The van der Waals surface area contributed by atoms with Crippen molar-refractivity contribution in [3.8, 4) is 0 Å². The van der Waals surface area contributed by atoms with E-state index in [1.54, 1.807) is 0 Å². The molecule has 2 N–H and O–H groups in total. The molecule has 1 fully saturated rings. The van der Waals surface area contributed by atoms with E-state index in [0.717, 1.165) is 32.5 Å². The van der Waals surface area contributed by atoms with E-state index in [9.17, 15) is 4.79 Å². The van der Waals surface area contributed by atoms with E-state index in [1.165, 1.54) is 0 Å². The zero-order valence-electron chi connectivity index (χ0n) is 10.8. The van der Waals surface area contributed by atoms with Gasteiger partial charge in [-0.2, -0.15) is 0 Å². The summed E-state index contributed by atoms with van der Waals surface area (Å²) < 4.78 is 0. The summed E-state index contributed by atoms with van der Waals surface area (Å²) >= 11 is 0. The van der Waals surface area contributed by atoms with Crippen LogP contribution in [0.15, 0.2) is 0 Å². The largest absolute Gasteiger partial charge is 0.355 e. The Balaban J connectivity index is 2.12. The van der Waals surface area contributed by atoms with Crippen molar-refractivity contribution in [1.29, 1.82) is 0 Å². The number of hydrogen-bond acceptors (Lipinski definition) is 3. The van der Waals surface area contributed by atoms with Crippen molar-refractivity contribution in [3.05, 3.63) is 0 Å². The molecule has 0 aromatic carbocycles. The Morgan fingerprint density at radius 1 is 1.50 bits per heavy atom. The first-order valence-corrected chi connectivity index (χ1v) is 6.37. The molecule has 0 spiro atoms. The molecule has 1 aliphatic rings. The molecule has 1 unspecified atom stereocenters. The van der Waals surface area contributed by atoms with Crippen LogP contribution in [0.5, 0.6) is 0 Å². The van der Waals surface area contributed by atoms with Crippen molar-refractivity contribution >= 4 is 5.91 Å². The van der Waals surface area contributed by atoms with Crippen LogP contribution in [0.25, 0.3) is 0 Å². The first-order valence-electron chi connectivity index (χ1n) is 6.37. The molecule has 4 nitrogen and oxygen atoms in total. The van der Waals surface area contributed by atoms with E-state index in [1.807, 2.05) is 0 Å². The summed E-state index contributed by atoms with van der Waals surface area (Å²) in [5.74, 6) is 0.116. The Labute approximate surface area is 98.8 Å². The molecule has 1 saturated heterocycles. The van der Waals surface area contributed by atoms with Gasteiger partial charge in [0.15, 0.2) is 0 Å². The van der Waals surface area contributed by atoms with Gasteiger partial charge in [-0.05, 0) is 33.2 Å². The zero-order chi connectivity index (χ0) is 12.0. The Hall–Kier alpha value is -0.610. The van der Waals surface area contributed by atoms with Crippen LogP contribution < -0.4 is 10.6 Å². The molecular weight excluding hydrogens is 202 g/mol. The van der Waals surface area contributed by atoms with Crippen LogP contribution in [0.3, 0.4) is 0 Å². The second-order valence-electron chi connectivity index (χ2n) is 4.81. The fourth-order valence-electron chi connectivity index (χ4n) is 1.99. The lowest BCUT2D eigenvalue weighted by molar-refractivity contribution is -0.120. The molecule has 1 atom stereocenters. The highest BCUT2D eigenvalue weighted by molar-refractivity contribution is 5.77. The van der Waals surface area contributed by atoms with Crippen molar-refractivity contribution < 1.29 is 4.79 Å². The highest BCUT2D eigenvalue weighted by atomic mass is 16.1. The molecule has 1 rings (SSSR count). The standard InChI is InChI=1S/C12H25N3O/c1-4-6-13-12(16)8-14-11-5-7-15(9-11)10(2)3/h10-11,14H,4-9H2,1-3H3,(H,13,16). The van der Waals surface area contributed by atoms with Crippen LogP contribution in [-0.4, -0.2) is 49.1 Å². The Morgan fingerprint density at radius 3 is 2.81 bits per heavy atom. The van der Waals surface area contributed by atoms with Crippen LogP contribution in [0.4, 0.5) is 0 Å². The van der Waals surface area contributed by atoms with Gasteiger partial charge in [-0.25, -0.2) is 0 Å². The lowest BCUT2D eigenvalue weighted by atomic mass is 10.2. The first-order chi connectivity index (χ1) is 7.63. The van der Waals surface area contributed by atoms with E-state index in [0.29, 0.717) is 18.6 Å². The lowest BCUT2D eigenvalue weighted by Crippen LogP contribution is -2.41. The molecular formula is C12H25N3O. The van der Waals surface area contributed by atoms with Gasteiger partial charge in [0.1, 0.15) is 0 Å². The Morgan fingerprint density at radius 2 is 2.25 bits per heavy atom. The number of carbonyl (C=O) groups excluding carboxylic acids is 1. The highest BCUT2D eigenvalue weighted by Gasteiger charge is 2.23. The molecule has 0 aromatic rings. The van der Waals surface area contributed by atoms with Gasteiger partial charge >= 0.3 is 0 Å². The van der Waals surface area contributed by atoms with Gasteiger partial charge in [0, 0.05) is 25.2 Å². The van der Waals surface area contributed by atoms with E-state index in [-0.39, 0.29) is 5.91 Å². The lowest BCUT2D eigenvalue weighted by Gasteiger charge is -2.20. The number of carbonyl (C=O) groups is 1. The maximum Gasteiger partial charge on any atom is 0.233 e. The predicted octanol–water partition coefficient (Wildman–Crippen LogP) is 0.585. The SMILES string of the molecule is CCCNC(=O)CNC1CCN(C(C)C)C1. The van der Waals surface area contributed by atoms with Crippen molar-refractivity contribution in [3.63, 3.8) is 0 Å². The number of rotatable bonds is 6. The summed E-state index contributed by atoms with van der Waals surface area (Å²) in [7, 11) is 0. The molecule has 1 heterocycles. The molecule has 4 heteroatoms. The maximum atomic E-state index is 11.4. The first kappa shape index (κ1) is 13.5. The minimum atomic E-state index is 0.116. The average molecular weight is 227 g/mol. The minimum absolute atomic E-state index is 0.116. The summed E-state index contributed by atoms with van der Waals surface area (Å²) in [6.07, 6.45) is 2.15. The van der Waals surface area contributed by atoms with Gasteiger partial charge in [-0.1, -0.05) is 6.92 Å². The second-order valence-corrected chi connectivity index (χ2v) is 4.81. The van der Waals surface area contributed by atoms with Crippen molar-refractivity contribution in [2.75, 3.05) is 26.2 Å². The average Bonchev–Trinajstić information content (AvgIpc) is 2.72. The third kappa shape index (κ3) is 4.49. The van der Waals surface area contributed by atoms with Crippen LogP contribution in [-0.2, 0) is 4.79 Å². The third-order valence-electron chi connectivity index (χ3n) is 3.07. The van der Waals surface area contributed by atoms with Gasteiger partial charge in [0.05, 0.1) is 6.54 Å². The number of likely N-dealkylation sites (tertiary alicyclic amines) is 1.